The second-order valence-electron chi connectivity index (χ2n) is 4.47. The maximum Gasteiger partial charge on any atom is 0.391 e. The minimum atomic E-state index is -4.00. The van der Waals surface area contributed by atoms with Crippen LogP contribution in [0.1, 0.15) is 12.8 Å². The minimum Gasteiger partial charge on any atom is -0.314 e. The van der Waals surface area contributed by atoms with Gasteiger partial charge in [0, 0.05) is 39.3 Å². The topological polar surface area (TPSA) is 18.5 Å². The molecule has 2 heterocycles. The number of halogens is 3. The Hall–Kier alpha value is -0.330. The van der Waals surface area contributed by atoms with Gasteiger partial charge in [0.15, 0.2) is 0 Å². The molecule has 0 aromatic heterocycles. The first-order valence-corrected chi connectivity index (χ1v) is 5.84. The van der Waals surface area contributed by atoms with Crippen LogP contribution < -0.4 is 5.32 Å². The van der Waals surface area contributed by atoms with Crippen molar-refractivity contribution >= 4 is 0 Å². The highest BCUT2D eigenvalue weighted by molar-refractivity contribution is 4.77. The molecular formula is C10H18F3N3. The zero-order chi connectivity index (χ0) is 11.6. The minimum absolute atomic E-state index is 0.243. The summed E-state index contributed by atoms with van der Waals surface area (Å²) in [5, 5.41) is 7.51. The van der Waals surface area contributed by atoms with Gasteiger partial charge >= 0.3 is 6.18 Å². The van der Waals surface area contributed by atoms with E-state index in [1.165, 1.54) is 0 Å². The average molecular weight is 237 g/mol. The van der Waals surface area contributed by atoms with Crippen LogP contribution in [0, 0.1) is 5.92 Å². The molecule has 0 aromatic carbocycles. The zero-order valence-electron chi connectivity index (χ0n) is 9.26. The van der Waals surface area contributed by atoms with Gasteiger partial charge in [-0.1, -0.05) is 0 Å². The summed E-state index contributed by atoms with van der Waals surface area (Å²) in [5.74, 6) is -1.09. The summed E-state index contributed by atoms with van der Waals surface area (Å²) in [5.41, 5.74) is 0. The van der Waals surface area contributed by atoms with Crippen molar-refractivity contribution in [1.82, 2.24) is 15.3 Å². The predicted molar refractivity (Wildman–Crippen MR) is 54.8 cm³/mol. The van der Waals surface area contributed by atoms with E-state index in [0.717, 1.165) is 26.2 Å². The third kappa shape index (κ3) is 2.87. The lowest BCUT2D eigenvalue weighted by Crippen LogP contribution is -2.55. The second kappa shape index (κ2) is 4.89. The lowest BCUT2D eigenvalue weighted by Gasteiger charge is -2.41. The molecule has 94 valence electrons. The Morgan fingerprint density at radius 2 is 1.38 bits per heavy atom. The van der Waals surface area contributed by atoms with Crippen molar-refractivity contribution in [2.75, 3.05) is 39.3 Å². The Morgan fingerprint density at radius 3 is 1.88 bits per heavy atom. The van der Waals surface area contributed by atoms with Crippen LogP contribution in [0.5, 0.6) is 0 Å². The lowest BCUT2D eigenvalue weighted by molar-refractivity contribution is -0.194. The molecule has 6 heteroatoms. The standard InChI is InChI=1S/C10H18F3N3/c11-10(12,13)9-1-5-15(6-2-9)16-7-3-14-4-8-16/h9,14H,1-8H2. The number of hydrazine groups is 1. The fraction of sp³-hybridized carbons (Fsp3) is 1.00. The van der Waals surface area contributed by atoms with Crippen LogP contribution in [0.3, 0.4) is 0 Å². The van der Waals surface area contributed by atoms with Crippen molar-refractivity contribution in [3.8, 4) is 0 Å². The number of alkyl halides is 3. The molecule has 0 aromatic rings. The van der Waals surface area contributed by atoms with Gasteiger partial charge in [0.1, 0.15) is 0 Å². The molecule has 0 unspecified atom stereocenters. The maximum absolute atomic E-state index is 12.5. The van der Waals surface area contributed by atoms with E-state index >= 15 is 0 Å². The van der Waals surface area contributed by atoms with Crippen molar-refractivity contribution in [2.24, 2.45) is 5.92 Å². The Labute approximate surface area is 93.5 Å². The molecule has 0 radical (unpaired) electrons. The summed E-state index contributed by atoms with van der Waals surface area (Å²) in [6.45, 7) is 4.78. The van der Waals surface area contributed by atoms with Crippen LogP contribution >= 0.6 is 0 Å². The van der Waals surface area contributed by atoms with Gasteiger partial charge in [0.05, 0.1) is 5.92 Å². The number of nitrogens with zero attached hydrogens (tertiary/aromatic N) is 2. The molecule has 2 aliphatic heterocycles. The first-order valence-electron chi connectivity index (χ1n) is 5.84. The highest BCUT2D eigenvalue weighted by atomic mass is 19.4. The SMILES string of the molecule is FC(F)(F)C1CCN(N2CCNCC2)CC1. The summed E-state index contributed by atoms with van der Waals surface area (Å²) in [6, 6.07) is 0. The Morgan fingerprint density at radius 1 is 0.875 bits per heavy atom. The molecule has 0 saturated carbocycles. The first kappa shape index (κ1) is 12.1. The predicted octanol–water partition coefficient (Wildman–Crippen LogP) is 1.08. The molecule has 0 amide bonds. The number of rotatable bonds is 1. The number of piperazine rings is 1. The van der Waals surface area contributed by atoms with E-state index < -0.39 is 12.1 Å². The van der Waals surface area contributed by atoms with Crippen molar-refractivity contribution < 1.29 is 13.2 Å². The summed E-state index contributed by atoms with van der Waals surface area (Å²) >= 11 is 0. The van der Waals surface area contributed by atoms with E-state index in [-0.39, 0.29) is 12.8 Å². The van der Waals surface area contributed by atoms with Gasteiger partial charge in [-0.15, -0.1) is 0 Å². The van der Waals surface area contributed by atoms with E-state index in [1.807, 2.05) is 0 Å². The number of nitrogens with one attached hydrogen (secondary N) is 1. The third-order valence-corrected chi connectivity index (χ3v) is 3.43. The van der Waals surface area contributed by atoms with Crippen molar-refractivity contribution in [2.45, 2.75) is 19.0 Å². The number of hydrogen-bond donors (Lipinski definition) is 1. The monoisotopic (exact) mass is 237 g/mol. The Kier molecular flexibility index (Phi) is 3.71. The molecule has 16 heavy (non-hydrogen) atoms. The van der Waals surface area contributed by atoms with Crippen molar-refractivity contribution in [3.05, 3.63) is 0 Å². The van der Waals surface area contributed by atoms with E-state index in [4.69, 9.17) is 0 Å². The third-order valence-electron chi connectivity index (χ3n) is 3.43. The Balaban J connectivity index is 1.80. The number of hydrogen-bond acceptors (Lipinski definition) is 3. The van der Waals surface area contributed by atoms with Crippen LogP contribution in [-0.4, -0.2) is 55.5 Å². The van der Waals surface area contributed by atoms with Crippen molar-refractivity contribution in [3.63, 3.8) is 0 Å². The summed E-state index contributed by atoms with van der Waals surface area (Å²) in [6.07, 6.45) is -3.52. The van der Waals surface area contributed by atoms with Crippen LogP contribution in [0.4, 0.5) is 13.2 Å². The fourth-order valence-electron chi connectivity index (χ4n) is 2.41. The number of piperidine rings is 1. The molecule has 1 N–H and O–H groups in total. The fourth-order valence-corrected chi connectivity index (χ4v) is 2.41. The van der Waals surface area contributed by atoms with Gasteiger partial charge in [-0.2, -0.15) is 13.2 Å². The highest BCUT2D eigenvalue weighted by Crippen LogP contribution is 2.34. The van der Waals surface area contributed by atoms with E-state index in [0.29, 0.717) is 13.1 Å². The smallest absolute Gasteiger partial charge is 0.314 e. The van der Waals surface area contributed by atoms with Gasteiger partial charge in [-0.3, -0.25) is 0 Å². The lowest BCUT2D eigenvalue weighted by atomic mass is 9.97. The summed E-state index contributed by atoms with van der Waals surface area (Å²) < 4.78 is 37.4. The molecule has 0 atom stereocenters. The van der Waals surface area contributed by atoms with E-state index in [9.17, 15) is 13.2 Å². The molecule has 2 saturated heterocycles. The molecule has 2 aliphatic rings. The van der Waals surface area contributed by atoms with E-state index in [1.54, 1.807) is 0 Å². The Bertz CT molecular complexity index is 218. The van der Waals surface area contributed by atoms with Crippen LogP contribution in [0.25, 0.3) is 0 Å². The maximum atomic E-state index is 12.5. The first-order chi connectivity index (χ1) is 7.57. The summed E-state index contributed by atoms with van der Waals surface area (Å²) in [7, 11) is 0. The summed E-state index contributed by atoms with van der Waals surface area (Å²) in [4.78, 5) is 0. The molecule has 0 aliphatic carbocycles. The van der Waals surface area contributed by atoms with E-state index in [2.05, 4.69) is 15.3 Å². The molecule has 2 fully saturated rings. The van der Waals surface area contributed by atoms with Crippen molar-refractivity contribution in [1.29, 1.82) is 0 Å². The molecule has 0 bridgehead atoms. The van der Waals surface area contributed by atoms with Gasteiger partial charge in [-0.05, 0) is 12.8 Å². The zero-order valence-corrected chi connectivity index (χ0v) is 9.26. The second-order valence-corrected chi connectivity index (χ2v) is 4.47. The quantitative estimate of drug-likeness (QED) is 0.736. The van der Waals surface area contributed by atoms with Gasteiger partial charge < -0.3 is 5.32 Å². The van der Waals surface area contributed by atoms with Crippen LogP contribution in [0.2, 0.25) is 0 Å². The normalized spacial score (nSPS) is 27.2. The van der Waals surface area contributed by atoms with Gasteiger partial charge in [0.2, 0.25) is 0 Å². The molecule has 0 spiro atoms. The van der Waals surface area contributed by atoms with Gasteiger partial charge in [-0.25, -0.2) is 10.0 Å². The molecule has 2 rings (SSSR count). The van der Waals surface area contributed by atoms with Gasteiger partial charge in [0.25, 0.3) is 0 Å². The van der Waals surface area contributed by atoms with Crippen LogP contribution in [0.15, 0.2) is 0 Å². The highest BCUT2D eigenvalue weighted by Gasteiger charge is 2.41. The molecular weight excluding hydrogens is 219 g/mol. The molecule has 3 nitrogen and oxygen atoms in total. The average Bonchev–Trinajstić information content (AvgIpc) is 2.29. The largest absolute Gasteiger partial charge is 0.391 e. The van der Waals surface area contributed by atoms with Crippen LogP contribution in [-0.2, 0) is 0 Å².